The molecule has 1 heterocycles. The summed E-state index contributed by atoms with van der Waals surface area (Å²) in [6, 6.07) is 4.08. The molecule has 0 unspecified atom stereocenters. The molecular formula is C14H10N2. The van der Waals surface area contributed by atoms with Gasteiger partial charge in [0.05, 0.1) is 11.0 Å². The molecule has 0 spiro atoms. The van der Waals surface area contributed by atoms with E-state index in [1.807, 2.05) is 30.4 Å². The van der Waals surface area contributed by atoms with Crippen molar-refractivity contribution in [2.75, 3.05) is 0 Å². The molecule has 1 aromatic carbocycles. The first-order valence-electron chi connectivity index (χ1n) is 5.20. The highest BCUT2D eigenvalue weighted by Gasteiger charge is 2.04. The third-order valence-corrected chi connectivity index (χ3v) is 2.59. The molecule has 16 heavy (non-hydrogen) atoms. The van der Waals surface area contributed by atoms with Crippen LogP contribution in [0.15, 0.2) is 48.8 Å². The summed E-state index contributed by atoms with van der Waals surface area (Å²) in [6.07, 6.45) is 15.7. The van der Waals surface area contributed by atoms with Crippen LogP contribution >= 0.6 is 0 Å². The Morgan fingerprint density at radius 2 is 1.56 bits per heavy atom. The average Bonchev–Trinajstić information content (AvgIpc) is 2.29. The minimum absolute atomic E-state index is 0.934. The van der Waals surface area contributed by atoms with Gasteiger partial charge in [0, 0.05) is 18.0 Å². The third kappa shape index (κ3) is 1.44. The van der Waals surface area contributed by atoms with Crippen molar-refractivity contribution in [3.63, 3.8) is 0 Å². The molecule has 3 rings (SSSR count). The van der Waals surface area contributed by atoms with E-state index in [0.29, 0.717) is 0 Å². The molecule has 0 bridgehead atoms. The fourth-order valence-corrected chi connectivity index (χ4v) is 1.83. The summed E-state index contributed by atoms with van der Waals surface area (Å²) < 4.78 is 0. The molecule has 0 saturated heterocycles. The van der Waals surface area contributed by atoms with Crippen LogP contribution in [0.5, 0.6) is 0 Å². The van der Waals surface area contributed by atoms with Gasteiger partial charge in [0.1, 0.15) is 0 Å². The van der Waals surface area contributed by atoms with E-state index in [4.69, 9.17) is 0 Å². The number of rotatable bonds is 0. The first-order valence-corrected chi connectivity index (χ1v) is 5.20. The Morgan fingerprint density at radius 1 is 0.750 bits per heavy atom. The van der Waals surface area contributed by atoms with E-state index in [2.05, 4.69) is 28.2 Å². The number of aromatic nitrogens is 2. The predicted molar refractivity (Wildman–Crippen MR) is 66.7 cm³/mol. The third-order valence-electron chi connectivity index (χ3n) is 2.59. The van der Waals surface area contributed by atoms with Crippen molar-refractivity contribution in [2.24, 2.45) is 0 Å². The first kappa shape index (κ1) is 9.04. The van der Waals surface area contributed by atoms with E-state index in [1.54, 1.807) is 12.4 Å². The zero-order chi connectivity index (χ0) is 10.8. The fourth-order valence-electron chi connectivity index (χ4n) is 1.83. The number of nitrogens with zero attached hydrogens (tertiary/aromatic N) is 2. The van der Waals surface area contributed by atoms with Gasteiger partial charge in [-0.15, -0.1) is 0 Å². The van der Waals surface area contributed by atoms with Crippen LogP contribution in [0.2, 0.25) is 0 Å². The summed E-state index contributed by atoms with van der Waals surface area (Å²) in [5, 5.41) is 0. The van der Waals surface area contributed by atoms with E-state index in [1.165, 1.54) is 5.56 Å². The van der Waals surface area contributed by atoms with Gasteiger partial charge >= 0.3 is 0 Å². The van der Waals surface area contributed by atoms with Crippen LogP contribution in [0, 0.1) is 0 Å². The molecule has 0 radical (unpaired) electrons. The molecule has 0 N–H and O–H groups in total. The van der Waals surface area contributed by atoms with Crippen LogP contribution in [0.25, 0.3) is 23.2 Å². The van der Waals surface area contributed by atoms with Gasteiger partial charge in [-0.25, -0.2) is 0 Å². The maximum absolute atomic E-state index is 4.40. The highest BCUT2D eigenvalue weighted by molar-refractivity contribution is 5.89. The lowest BCUT2D eigenvalue weighted by atomic mass is 10.0. The maximum Gasteiger partial charge on any atom is 0.0965 e. The second-order valence-electron chi connectivity index (χ2n) is 3.60. The molecule has 0 fully saturated rings. The Morgan fingerprint density at radius 3 is 2.50 bits per heavy atom. The molecule has 1 aliphatic carbocycles. The van der Waals surface area contributed by atoms with Crippen LogP contribution in [0.4, 0.5) is 0 Å². The second kappa shape index (κ2) is 3.74. The lowest BCUT2D eigenvalue weighted by Gasteiger charge is -2.05. The molecule has 0 saturated carbocycles. The molecule has 2 nitrogen and oxygen atoms in total. The Hall–Kier alpha value is -2.22. The highest BCUT2D eigenvalue weighted by atomic mass is 14.8. The van der Waals surface area contributed by atoms with Gasteiger partial charge in [-0.05, 0) is 11.6 Å². The summed E-state index contributed by atoms with van der Waals surface area (Å²) in [5.74, 6) is 0. The monoisotopic (exact) mass is 206 g/mol. The van der Waals surface area contributed by atoms with Gasteiger partial charge in [-0.3, -0.25) is 9.97 Å². The van der Waals surface area contributed by atoms with Crippen molar-refractivity contribution in [1.29, 1.82) is 0 Å². The Kier molecular flexibility index (Phi) is 2.11. The molecule has 0 amide bonds. The summed E-state index contributed by atoms with van der Waals surface area (Å²) in [6.45, 7) is 0. The minimum atomic E-state index is 0.934. The SMILES string of the molecule is C1=CC=Cc2c(ccc3nccnc23)C=C1. The van der Waals surface area contributed by atoms with Crippen molar-refractivity contribution in [3.05, 3.63) is 60.0 Å². The van der Waals surface area contributed by atoms with Crippen molar-refractivity contribution in [3.8, 4) is 0 Å². The Labute approximate surface area is 93.7 Å². The van der Waals surface area contributed by atoms with Crippen molar-refractivity contribution in [2.45, 2.75) is 0 Å². The predicted octanol–water partition coefficient (Wildman–Crippen LogP) is 3.23. The molecule has 2 heteroatoms. The number of fused-ring (bicyclic) bond motifs is 3. The average molecular weight is 206 g/mol. The van der Waals surface area contributed by atoms with Gasteiger partial charge in [-0.2, -0.15) is 0 Å². The van der Waals surface area contributed by atoms with Crippen LogP contribution in [0.3, 0.4) is 0 Å². The Balaban J connectivity index is 2.38. The minimum Gasteiger partial charge on any atom is -0.253 e. The standard InChI is InChI=1S/C14H10N2/c1-2-4-6-12-11(5-3-1)7-8-13-14(12)16-10-9-15-13/h1-10H. The van der Waals surface area contributed by atoms with Gasteiger partial charge in [0.25, 0.3) is 0 Å². The van der Waals surface area contributed by atoms with E-state index >= 15 is 0 Å². The quantitative estimate of drug-likeness (QED) is 0.661. The van der Waals surface area contributed by atoms with Crippen molar-refractivity contribution >= 4 is 23.2 Å². The van der Waals surface area contributed by atoms with Crippen molar-refractivity contribution < 1.29 is 0 Å². The lowest BCUT2D eigenvalue weighted by Crippen LogP contribution is -1.89. The summed E-state index contributed by atoms with van der Waals surface area (Å²) in [5.41, 5.74) is 4.19. The van der Waals surface area contributed by atoms with Crippen LogP contribution in [-0.2, 0) is 0 Å². The molecule has 1 aliphatic rings. The normalized spacial score (nSPS) is 13.5. The molecule has 76 valence electrons. The van der Waals surface area contributed by atoms with Crippen LogP contribution in [-0.4, -0.2) is 9.97 Å². The van der Waals surface area contributed by atoms with E-state index in [9.17, 15) is 0 Å². The molecule has 2 aromatic rings. The zero-order valence-corrected chi connectivity index (χ0v) is 8.67. The van der Waals surface area contributed by atoms with Crippen LogP contribution in [0.1, 0.15) is 11.1 Å². The van der Waals surface area contributed by atoms with Crippen molar-refractivity contribution in [1.82, 2.24) is 9.97 Å². The molecule has 0 aliphatic heterocycles. The second-order valence-corrected chi connectivity index (χ2v) is 3.60. The van der Waals surface area contributed by atoms with Gasteiger partial charge < -0.3 is 0 Å². The topological polar surface area (TPSA) is 25.8 Å². The van der Waals surface area contributed by atoms with Crippen LogP contribution < -0.4 is 0 Å². The van der Waals surface area contributed by atoms with Gasteiger partial charge in [0.2, 0.25) is 0 Å². The lowest BCUT2D eigenvalue weighted by molar-refractivity contribution is 1.29. The smallest absolute Gasteiger partial charge is 0.0965 e. The maximum atomic E-state index is 4.40. The number of hydrogen-bond donors (Lipinski definition) is 0. The summed E-state index contributed by atoms with van der Waals surface area (Å²) in [4.78, 5) is 8.70. The fraction of sp³-hybridized carbons (Fsp3) is 0. The molecular weight excluding hydrogens is 196 g/mol. The van der Waals surface area contributed by atoms with E-state index < -0.39 is 0 Å². The van der Waals surface area contributed by atoms with E-state index in [-0.39, 0.29) is 0 Å². The highest BCUT2D eigenvalue weighted by Crippen LogP contribution is 2.22. The summed E-state index contributed by atoms with van der Waals surface area (Å²) in [7, 11) is 0. The number of hydrogen-bond acceptors (Lipinski definition) is 2. The summed E-state index contributed by atoms with van der Waals surface area (Å²) >= 11 is 0. The number of allylic oxidation sites excluding steroid dienone is 4. The largest absolute Gasteiger partial charge is 0.253 e. The molecule has 1 aromatic heterocycles. The van der Waals surface area contributed by atoms with Gasteiger partial charge in [-0.1, -0.05) is 42.5 Å². The number of benzene rings is 1. The zero-order valence-electron chi connectivity index (χ0n) is 8.67. The van der Waals surface area contributed by atoms with Gasteiger partial charge in [0.15, 0.2) is 0 Å². The molecule has 0 atom stereocenters. The van der Waals surface area contributed by atoms with E-state index in [0.717, 1.165) is 16.6 Å². The first-order chi connectivity index (χ1) is 7.95. The Bertz CT molecular complexity index is 622.